The number of benzene rings is 1. The molecule has 1 aromatic carbocycles. The van der Waals surface area contributed by atoms with Gasteiger partial charge in [-0.15, -0.1) is 0 Å². The molecular weight excluding hydrogens is 402 g/mol. The van der Waals surface area contributed by atoms with E-state index in [1.165, 1.54) is 0 Å². The van der Waals surface area contributed by atoms with E-state index in [0.717, 1.165) is 65.6 Å². The summed E-state index contributed by atoms with van der Waals surface area (Å²) in [7, 11) is 0. The molecule has 0 amide bonds. The number of nitrogens with two attached hydrogens (primary N) is 2. The van der Waals surface area contributed by atoms with Gasteiger partial charge in [-0.1, -0.05) is 12.1 Å². The van der Waals surface area contributed by atoms with Gasteiger partial charge in [0.2, 0.25) is 0 Å². The number of hydrogen-bond acceptors (Lipinski definition) is 7. The molecule has 2 aliphatic rings. The van der Waals surface area contributed by atoms with Gasteiger partial charge in [0.05, 0.1) is 18.8 Å². The van der Waals surface area contributed by atoms with E-state index in [4.69, 9.17) is 26.2 Å². The molecule has 0 bridgehead atoms. The molecule has 2 fully saturated rings. The summed E-state index contributed by atoms with van der Waals surface area (Å²) in [6, 6.07) is 16.2. The van der Waals surface area contributed by atoms with Crippen LogP contribution < -0.4 is 16.4 Å². The molecule has 1 saturated heterocycles. The van der Waals surface area contributed by atoms with E-state index in [2.05, 4.69) is 38.7 Å². The highest BCUT2D eigenvalue weighted by atomic mass is 16.5. The van der Waals surface area contributed by atoms with Crippen LogP contribution in [0.25, 0.3) is 28.2 Å². The van der Waals surface area contributed by atoms with E-state index in [1.807, 2.05) is 24.3 Å². The van der Waals surface area contributed by atoms with Crippen LogP contribution in [0.4, 0.5) is 11.6 Å². The van der Waals surface area contributed by atoms with Gasteiger partial charge in [-0.2, -0.15) is 0 Å². The Morgan fingerprint density at radius 3 is 2.44 bits per heavy atom. The van der Waals surface area contributed by atoms with Crippen molar-refractivity contribution in [3.63, 3.8) is 0 Å². The third-order valence-corrected chi connectivity index (χ3v) is 6.39. The average molecular weight is 428 g/mol. The van der Waals surface area contributed by atoms with Gasteiger partial charge in [0.15, 0.2) is 11.5 Å². The van der Waals surface area contributed by atoms with E-state index in [0.29, 0.717) is 19.0 Å². The predicted octanol–water partition coefficient (Wildman–Crippen LogP) is 2.85. The van der Waals surface area contributed by atoms with Crippen molar-refractivity contribution in [2.45, 2.75) is 18.4 Å². The van der Waals surface area contributed by atoms with E-state index < -0.39 is 0 Å². The van der Waals surface area contributed by atoms with Gasteiger partial charge >= 0.3 is 0 Å². The maximum absolute atomic E-state index is 6.40. The smallest absolute Gasteiger partial charge is 0.167 e. The van der Waals surface area contributed by atoms with Gasteiger partial charge in [-0.25, -0.2) is 15.0 Å². The van der Waals surface area contributed by atoms with Gasteiger partial charge < -0.3 is 21.1 Å². The minimum atomic E-state index is -0.173. The van der Waals surface area contributed by atoms with Crippen molar-refractivity contribution in [2.75, 3.05) is 36.9 Å². The SMILES string of the molecule is Nc1ncccc1-c1nc2ccc(N3CCOCC3)nc2n1-c1ccc(C2(N)CC2)cc1. The van der Waals surface area contributed by atoms with Crippen molar-refractivity contribution >= 4 is 22.8 Å². The highest BCUT2D eigenvalue weighted by Gasteiger charge is 2.39. The third-order valence-electron chi connectivity index (χ3n) is 6.39. The van der Waals surface area contributed by atoms with Crippen LogP contribution in [0.3, 0.4) is 0 Å². The molecule has 4 heterocycles. The van der Waals surface area contributed by atoms with E-state index in [9.17, 15) is 0 Å². The zero-order valence-corrected chi connectivity index (χ0v) is 17.7. The molecule has 162 valence electrons. The molecule has 6 rings (SSSR count). The lowest BCUT2D eigenvalue weighted by Crippen LogP contribution is -2.36. The Hall–Kier alpha value is -3.49. The summed E-state index contributed by atoms with van der Waals surface area (Å²) in [5.41, 5.74) is 17.0. The van der Waals surface area contributed by atoms with Crippen molar-refractivity contribution < 1.29 is 4.74 Å². The fraction of sp³-hybridized carbons (Fsp3) is 0.292. The second-order valence-electron chi connectivity index (χ2n) is 8.52. The number of pyridine rings is 2. The monoisotopic (exact) mass is 427 g/mol. The molecule has 4 aromatic rings. The fourth-order valence-corrected chi connectivity index (χ4v) is 4.31. The Kier molecular flexibility index (Phi) is 4.38. The first-order chi connectivity index (χ1) is 15.6. The van der Waals surface area contributed by atoms with Crippen molar-refractivity contribution in [1.82, 2.24) is 19.5 Å². The summed E-state index contributed by atoms with van der Waals surface area (Å²) in [6.07, 6.45) is 3.75. The number of imidazole rings is 1. The van der Waals surface area contributed by atoms with Crippen LogP contribution >= 0.6 is 0 Å². The van der Waals surface area contributed by atoms with Crippen molar-refractivity contribution in [2.24, 2.45) is 5.73 Å². The first kappa shape index (κ1) is 19.2. The maximum Gasteiger partial charge on any atom is 0.167 e. The molecule has 0 unspecified atom stereocenters. The number of aromatic nitrogens is 4. The highest BCUT2D eigenvalue weighted by molar-refractivity contribution is 5.83. The first-order valence-corrected chi connectivity index (χ1v) is 11.0. The quantitative estimate of drug-likeness (QED) is 0.515. The molecule has 0 radical (unpaired) electrons. The Morgan fingerprint density at radius 1 is 0.938 bits per heavy atom. The summed E-state index contributed by atoms with van der Waals surface area (Å²) in [6.45, 7) is 3.06. The van der Waals surface area contributed by atoms with Crippen molar-refractivity contribution in [1.29, 1.82) is 0 Å². The summed E-state index contributed by atoms with van der Waals surface area (Å²) in [5, 5.41) is 0. The second kappa shape index (κ2) is 7.29. The molecule has 32 heavy (non-hydrogen) atoms. The number of hydrogen-bond donors (Lipinski definition) is 2. The average Bonchev–Trinajstić information content (AvgIpc) is 3.48. The number of fused-ring (bicyclic) bond motifs is 1. The van der Waals surface area contributed by atoms with Gasteiger partial charge in [0.1, 0.15) is 17.2 Å². The number of nitrogens with zero attached hydrogens (tertiary/aromatic N) is 5. The van der Waals surface area contributed by atoms with Crippen molar-refractivity contribution in [3.05, 3.63) is 60.3 Å². The van der Waals surface area contributed by atoms with Crippen LogP contribution in [0, 0.1) is 0 Å². The molecule has 0 spiro atoms. The Bertz CT molecular complexity index is 1290. The molecule has 1 aliphatic heterocycles. The lowest BCUT2D eigenvalue weighted by molar-refractivity contribution is 0.122. The lowest BCUT2D eigenvalue weighted by atomic mass is 10.1. The zero-order chi connectivity index (χ0) is 21.7. The second-order valence-corrected chi connectivity index (χ2v) is 8.52. The summed E-state index contributed by atoms with van der Waals surface area (Å²) >= 11 is 0. The van der Waals surface area contributed by atoms with Crippen LogP contribution in [0.5, 0.6) is 0 Å². The highest BCUT2D eigenvalue weighted by Crippen LogP contribution is 2.43. The first-order valence-electron chi connectivity index (χ1n) is 11.0. The van der Waals surface area contributed by atoms with Gasteiger partial charge in [0.25, 0.3) is 0 Å². The molecule has 3 aromatic heterocycles. The predicted molar refractivity (Wildman–Crippen MR) is 125 cm³/mol. The normalized spacial score (nSPS) is 17.6. The number of nitrogen functional groups attached to an aromatic ring is 1. The Balaban J connectivity index is 1.53. The molecule has 1 saturated carbocycles. The van der Waals surface area contributed by atoms with Crippen LogP contribution in [0.2, 0.25) is 0 Å². The molecule has 8 heteroatoms. The van der Waals surface area contributed by atoms with E-state index in [1.54, 1.807) is 6.20 Å². The number of anilines is 2. The third kappa shape index (κ3) is 3.19. The van der Waals surface area contributed by atoms with Crippen LogP contribution in [-0.4, -0.2) is 45.8 Å². The van der Waals surface area contributed by atoms with E-state index >= 15 is 0 Å². The summed E-state index contributed by atoms with van der Waals surface area (Å²) in [5.74, 6) is 2.08. The summed E-state index contributed by atoms with van der Waals surface area (Å²) < 4.78 is 7.56. The molecule has 8 nitrogen and oxygen atoms in total. The van der Waals surface area contributed by atoms with Crippen LogP contribution in [-0.2, 0) is 10.3 Å². The Labute approximate surface area is 185 Å². The standard InChI is InChI=1S/C24H25N7O/c25-21-18(2-1-11-27-21)22-28-19-7-8-20(30-12-14-32-15-13-30)29-23(19)31(22)17-5-3-16(4-6-17)24(26)9-10-24/h1-8,11H,9-10,12-15,26H2,(H2,25,27). The molecule has 0 atom stereocenters. The molecule has 4 N–H and O–H groups in total. The van der Waals surface area contributed by atoms with Crippen LogP contribution in [0.1, 0.15) is 18.4 Å². The van der Waals surface area contributed by atoms with Crippen LogP contribution in [0.15, 0.2) is 54.7 Å². The Morgan fingerprint density at radius 2 is 1.72 bits per heavy atom. The van der Waals surface area contributed by atoms with E-state index in [-0.39, 0.29) is 5.54 Å². The van der Waals surface area contributed by atoms with Gasteiger partial charge in [-0.05, 0) is 54.8 Å². The number of rotatable bonds is 4. The maximum atomic E-state index is 6.40. The largest absolute Gasteiger partial charge is 0.383 e. The zero-order valence-electron chi connectivity index (χ0n) is 17.7. The number of ether oxygens (including phenoxy) is 1. The summed E-state index contributed by atoms with van der Waals surface area (Å²) in [4.78, 5) is 16.4. The molecular formula is C24H25N7O. The lowest BCUT2D eigenvalue weighted by Gasteiger charge is -2.27. The topological polar surface area (TPSA) is 108 Å². The minimum absolute atomic E-state index is 0.173. The number of morpholine rings is 1. The van der Waals surface area contributed by atoms with Gasteiger partial charge in [0, 0.05) is 30.5 Å². The molecule has 1 aliphatic carbocycles. The van der Waals surface area contributed by atoms with Crippen molar-refractivity contribution in [3.8, 4) is 17.1 Å². The fourth-order valence-electron chi connectivity index (χ4n) is 4.31. The minimum Gasteiger partial charge on any atom is -0.383 e. The van der Waals surface area contributed by atoms with Gasteiger partial charge in [-0.3, -0.25) is 4.57 Å².